The van der Waals surface area contributed by atoms with Gasteiger partial charge in [0.25, 0.3) is 5.91 Å². The standard InChI is InChI=1S/C23H18ClN3O2/c1-2-16-5-3-6-19(13-16)25-15-23(28)27-21(22-7-4-12-29-22)14-20(26-27)17-8-10-18(24)11-9-17/h1,3-13,21,25H,14-15H2/t21-/m1/s1. The summed E-state index contributed by atoms with van der Waals surface area (Å²) >= 11 is 5.99. The number of carbonyl (C=O) groups is 1. The van der Waals surface area contributed by atoms with Crippen molar-refractivity contribution in [2.45, 2.75) is 12.5 Å². The fourth-order valence-corrected chi connectivity index (χ4v) is 3.36. The first kappa shape index (κ1) is 18.9. The maximum Gasteiger partial charge on any atom is 0.262 e. The van der Waals surface area contributed by atoms with E-state index < -0.39 is 0 Å². The van der Waals surface area contributed by atoms with Gasteiger partial charge >= 0.3 is 0 Å². The lowest BCUT2D eigenvalue weighted by atomic mass is 10.0. The molecule has 0 saturated heterocycles. The minimum absolute atomic E-state index is 0.0859. The highest BCUT2D eigenvalue weighted by Crippen LogP contribution is 2.33. The Morgan fingerprint density at radius 2 is 2.07 bits per heavy atom. The Labute approximate surface area is 174 Å². The molecule has 0 unspecified atom stereocenters. The molecule has 0 aliphatic carbocycles. The Balaban J connectivity index is 1.54. The van der Waals surface area contributed by atoms with Gasteiger partial charge in [-0.15, -0.1) is 6.42 Å². The molecule has 0 fully saturated rings. The van der Waals surface area contributed by atoms with E-state index in [1.54, 1.807) is 6.26 Å². The number of nitrogens with one attached hydrogen (secondary N) is 1. The number of terminal acetylenes is 1. The molecule has 29 heavy (non-hydrogen) atoms. The zero-order chi connectivity index (χ0) is 20.2. The molecule has 2 heterocycles. The summed E-state index contributed by atoms with van der Waals surface area (Å²) in [5, 5.41) is 9.86. The lowest BCUT2D eigenvalue weighted by Gasteiger charge is -2.20. The van der Waals surface area contributed by atoms with Crippen molar-refractivity contribution in [2.75, 3.05) is 11.9 Å². The zero-order valence-electron chi connectivity index (χ0n) is 15.5. The number of nitrogens with zero attached hydrogens (tertiary/aromatic N) is 2. The average molecular weight is 404 g/mol. The number of furan rings is 1. The number of hydrogen-bond acceptors (Lipinski definition) is 4. The van der Waals surface area contributed by atoms with E-state index in [0.29, 0.717) is 17.2 Å². The second-order valence-electron chi connectivity index (χ2n) is 6.61. The summed E-state index contributed by atoms with van der Waals surface area (Å²) in [6, 6.07) is 18.2. The van der Waals surface area contributed by atoms with Gasteiger partial charge < -0.3 is 9.73 Å². The number of halogens is 1. The van der Waals surface area contributed by atoms with Crippen LogP contribution in [0.25, 0.3) is 0 Å². The maximum absolute atomic E-state index is 13.0. The van der Waals surface area contributed by atoms with E-state index in [0.717, 1.165) is 22.5 Å². The maximum atomic E-state index is 13.0. The van der Waals surface area contributed by atoms with Crippen LogP contribution < -0.4 is 5.32 Å². The van der Waals surface area contributed by atoms with Crippen molar-refractivity contribution in [1.29, 1.82) is 0 Å². The molecule has 6 heteroatoms. The van der Waals surface area contributed by atoms with Gasteiger partial charge in [-0.1, -0.05) is 35.7 Å². The molecule has 3 aromatic rings. The summed E-state index contributed by atoms with van der Waals surface area (Å²) in [5.74, 6) is 3.11. The van der Waals surface area contributed by atoms with Gasteiger partial charge in [-0.3, -0.25) is 4.79 Å². The normalized spacial score (nSPS) is 15.7. The first-order chi connectivity index (χ1) is 14.1. The van der Waals surface area contributed by atoms with E-state index in [9.17, 15) is 4.79 Å². The Morgan fingerprint density at radius 3 is 2.79 bits per heavy atom. The van der Waals surface area contributed by atoms with Crippen LogP contribution in [0.1, 0.15) is 29.3 Å². The van der Waals surface area contributed by atoms with Gasteiger partial charge in [-0.05, 0) is 48.0 Å². The number of anilines is 1. The molecule has 1 aromatic heterocycles. The van der Waals surface area contributed by atoms with Crippen LogP contribution in [-0.2, 0) is 4.79 Å². The molecule has 1 aliphatic rings. The SMILES string of the molecule is C#Cc1cccc(NCC(=O)N2N=C(c3ccc(Cl)cc3)C[C@@H]2c2ccco2)c1. The summed E-state index contributed by atoms with van der Waals surface area (Å²) in [6.45, 7) is 0.0859. The highest BCUT2D eigenvalue weighted by Gasteiger charge is 2.34. The van der Waals surface area contributed by atoms with Crippen molar-refractivity contribution >= 4 is 28.9 Å². The molecule has 4 rings (SSSR count). The van der Waals surface area contributed by atoms with Gasteiger partial charge in [0.15, 0.2) is 0 Å². The van der Waals surface area contributed by atoms with Crippen molar-refractivity contribution in [3.8, 4) is 12.3 Å². The monoisotopic (exact) mass is 403 g/mol. The third kappa shape index (κ3) is 4.18. The Morgan fingerprint density at radius 1 is 1.24 bits per heavy atom. The third-order valence-electron chi connectivity index (χ3n) is 4.69. The van der Waals surface area contributed by atoms with Crippen molar-refractivity contribution in [1.82, 2.24) is 5.01 Å². The van der Waals surface area contributed by atoms with Crippen LogP contribution >= 0.6 is 11.6 Å². The highest BCUT2D eigenvalue weighted by molar-refractivity contribution is 6.30. The molecule has 5 nitrogen and oxygen atoms in total. The number of rotatable bonds is 5. The van der Waals surface area contributed by atoms with E-state index in [4.69, 9.17) is 22.4 Å². The molecule has 1 atom stereocenters. The molecular formula is C23H18ClN3O2. The van der Waals surface area contributed by atoms with Crippen LogP contribution in [0.5, 0.6) is 0 Å². The van der Waals surface area contributed by atoms with E-state index in [-0.39, 0.29) is 18.5 Å². The van der Waals surface area contributed by atoms with Crippen molar-refractivity contribution in [2.24, 2.45) is 5.10 Å². The van der Waals surface area contributed by atoms with Crippen molar-refractivity contribution in [3.63, 3.8) is 0 Å². The largest absolute Gasteiger partial charge is 0.467 e. The number of amides is 1. The summed E-state index contributed by atoms with van der Waals surface area (Å²) in [7, 11) is 0. The van der Waals surface area contributed by atoms with E-state index in [1.807, 2.05) is 60.7 Å². The molecular weight excluding hydrogens is 386 g/mol. The number of carbonyl (C=O) groups excluding carboxylic acids is 1. The zero-order valence-corrected chi connectivity index (χ0v) is 16.3. The van der Waals surface area contributed by atoms with Gasteiger partial charge in [-0.2, -0.15) is 5.10 Å². The van der Waals surface area contributed by atoms with Crippen LogP contribution in [0, 0.1) is 12.3 Å². The van der Waals surface area contributed by atoms with Crippen LogP contribution in [0.3, 0.4) is 0 Å². The number of hydrazone groups is 1. The van der Waals surface area contributed by atoms with Crippen LogP contribution in [-0.4, -0.2) is 23.2 Å². The quantitative estimate of drug-likeness (QED) is 0.628. The smallest absolute Gasteiger partial charge is 0.262 e. The molecule has 0 saturated carbocycles. The second kappa shape index (κ2) is 8.26. The summed E-state index contributed by atoms with van der Waals surface area (Å²) in [5.41, 5.74) is 3.27. The van der Waals surface area contributed by atoms with Crippen molar-refractivity contribution < 1.29 is 9.21 Å². The Kier molecular flexibility index (Phi) is 5.37. The first-order valence-corrected chi connectivity index (χ1v) is 9.51. The Hall–Kier alpha value is -3.49. The molecule has 0 spiro atoms. The fourth-order valence-electron chi connectivity index (χ4n) is 3.24. The minimum atomic E-state index is -0.290. The average Bonchev–Trinajstić information content (AvgIpc) is 3.42. The van der Waals surface area contributed by atoms with E-state index in [2.05, 4.69) is 16.3 Å². The minimum Gasteiger partial charge on any atom is -0.467 e. The van der Waals surface area contributed by atoms with Gasteiger partial charge in [0.05, 0.1) is 18.5 Å². The summed E-state index contributed by atoms with van der Waals surface area (Å²) < 4.78 is 5.56. The van der Waals surface area contributed by atoms with Crippen LogP contribution in [0.15, 0.2) is 76.4 Å². The van der Waals surface area contributed by atoms with E-state index in [1.165, 1.54) is 5.01 Å². The summed E-state index contributed by atoms with van der Waals surface area (Å²) in [6.07, 6.45) is 7.60. The fraction of sp³-hybridized carbons (Fsp3) is 0.130. The molecule has 2 aromatic carbocycles. The lowest BCUT2D eigenvalue weighted by molar-refractivity contribution is -0.131. The molecule has 1 amide bonds. The predicted octanol–water partition coefficient (Wildman–Crippen LogP) is 4.70. The van der Waals surface area contributed by atoms with Gasteiger partial charge in [0, 0.05) is 22.7 Å². The van der Waals surface area contributed by atoms with E-state index >= 15 is 0 Å². The third-order valence-corrected chi connectivity index (χ3v) is 4.94. The molecule has 0 radical (unpaired) electrons. The van der Waals surface area contributed by atoms with Crippen LogP contribution in [0.4, 0.5) is 5.69 Å². The molecule has 0 bridgehead atoms. The molecule has 1 aliphatic heterocycles. The topological polar surface area (TPSA) is 57.8 Å². The first-order valence-electron chi connectivity index (χ1n) is 9.13. The van der Waals surface area contributed by atoms with Gasteiger partial charge in [0.2, 0.25) is 0 Å². The second-order valence-corrected chi connectivity index (χ2v) is 7.04. The van der Waals surface area contributed by atoms with Crippen molar-refractivity contribution in [3.05, 3.63) is 88.8 Å². The number of benzene rings is 2. The van der Waals surface area contributed by atoms with Gasteiger partial charge in [-0.25, -0.2) is 5.01 Å². The van der Waals surface area contributed by atoms with Crippen LogP contribution in [0.2, 0.25) is 5.02 Å². The predicted molar refractivity (Wildman–Crippen MR) is 114 cm³/mol. The summed E-state index contributed by atoms with van der Waals surface area (Å²) in [4.78, 5) is 13.0. The Bertz CT molecular complexity index is 1080. The van der Waals surface area contributed by atoms with Gasteiger partial charge in [0.1, 0.15) is 11.8 Å². The highest BCUT2D eigenvalue weighted by atomic mass is 35.5. The molecule has 144 valence electrons. The molecule has 1 N–H and O–H groups in total. The lowest BCUT2D eigenvalue weighted by Crippen LogP contribution is -2.32. The number of hydrogen-bond donors (Lipinski definition) is 1.